The molecule has 2 heterocycles. The van der Waals surface area contributed by atoms with Crippen LogP contribution in [0, 0.1) is 0 Å². The molecule has 0 amide bonds. The highest BCUT2D eigenvalue weighted by Gasteiger charge is 2.35. The molecule has 0 radical (unpaired) electrons. The molecule has 2 atom stereocenters. The van der Waals surface area contributed by atoms with Crippen LogP contribution in [0.15, 0.2) is 18.2 Å². The molecule has 1 fully saturated rings. The van der Waals surface area contributed by atoms with Gasteiger partial charge in [-0.15, -0.1) is 0 Å². The van der Waals surface area contributed by atoms with Gasteiger partial charge in [0.15, 0.2) is 11.5 Å². The monoisotopic (exact) mass is 255 g/mol. The van der Waals surface area contributed by atoms with Gasteiger partial charge in [-0.05, 0) is 30.7 Å². The summed E-state index contributed by atoms with van der Waals surface area (Å²) >= 11 is 0. The van der Waals surface area contributed by atoms with Gasteiger partial charge < -0.3 is 19.7 Å². The second-order valence-corrected chi connectivity index (χ2v) is 6.78. The smallest absolute Gasteiger partial charge is 0.231 e. The fourth-order valence-electron chi connectivity index (χ4n) is 2.25. The van der Waals surface area contributed by atoms with Crippen LogP contribution in [0.2, 0.25) is 0 Å². The molecule has 1 saturated heterocycles. The van der Waals surface area contributed by atoms with E-state index in [2.05, 4.69) is 5.32 Å². The third kappa shape index (κ3) is 1.95. The number of rotatable bonds is 1. The molecule has 6 heteroatoms. The maximum absolute atomic E-state index is 12.1. The van der Waals surface area contributed by atoms with Gasteiger partial charge in [-0.1, -0.05) is 6.07 Å². The lowest BCUT2D eigenvalue weighted by Crippen LogP contribution is -2.28. The summed E-state index contributed by atoms with van der Waals surface area (Å²) in [4.78, 5) is 9.96. The Kier molecular flexibility index (Phi) is 2.62. The minimum atomic E-state index is -3.15. The van der Waals surface area contributed by atoms with Crippen LogP contribution in [-0.2, 0) is 4.57 Å². The Morgan fingerprint density at radius 1 is 1.35 bits per heavy atom. The average Bonchev–Trinajstić information content (AvgIpc) is 2.75. The molecular weight excluding hydrogens is 241 g/mol. The molecule has 2 unspecified atom stereocenters. The van der Waals surface area contributed by atoms with Crippen molar-refractivity contribution in [3.63, 3.8) is 0 Å². The van der Waals surface area contributed by atoms with Crippen molar-refractivity contribution in [3.05, 3.63) is 23.8 Å². The van der Waals surface area contributed by atoms with Crippen molar-refractivity contribution < 1.29 is 18.9 Å². The van der Waals surface area contributed by atoms with Crippen LogP contribution in [0.5, 0.6) is 11.5 Å². The standard InChI is InChI=1S/C11H14NO4P/c13-17(14)5-1-4-12-11(17)8-2-3-9-10(6-8)16-7-15-9/h2-3,6,11-12H,1,4-5,7H2,(H,13,14). The SMILES string of the molecule is O=P1(O)CCCNC1c1ccc2c(c1)OCO2. The second-order valence-electron chi connectivity index (χ2n) is 4.30. The van der Waals surface area contributed by atoms with E-state index in [0.29, 0.717) is 17.7 Å². The normalized spacial score (nSPS) is 31.5. The molecule has 1 aromatic carbocycles. The topological polar surface area (TPSA) is 67.8 Å². The lowest BCUT2D eigenvalue weighted by molar-refractivity contribution is 0.174. The van der Waals surface area contributed by atoms with Gasteiger partial charge in [-0.2, -0.15) is 0 Å². The van der Waals surface area contributed by atoms with Crippen LogP contribution in [0.4, 0.5) is 0 Å². The van der Waals surface area contributed by atoms with Crippen LogP contribution in [0.3, 0.4) is 0 Å². The van der Waals surface area contributed by atoms with E-state index in [4.69, 9.17) is 9.47 Å². The number of hydrogen-bond donors (Lipinski definition) is 2. The van der Waals surface area contributed by atoms with E-state index in [0.717, 1.165) is 18.5 Å². The van der Waals surface area contributed by atoms with Crippen molar-refractivity contribution in [2.24, 2.45) is 0 Å². The van der Waals surface area contributed by atoms with E-state index >= 15 is 0 Å². The molecule has 0 aliphatic carbocycles. The molecule has 0 bridgehead atoms. The number of ether oxygens (including phenoxy) is 2. The molecule has 3 rings (SSSR count). The maximum atomic E-state index is 12.1. The third-order valence-electron chi connectivity index (χ3n) is 3.11. The van der Waals surface area contributed by atoms with Crippen molar-refractivity contribution in [2.75, 3.05) is 19.5 Å². The Hall–Kier alpha value is -1.03. The van der Waals surface area contributed by atoms with Gasteiger partial charge >= 0.3 is 0 Å². The highest BCUT2D eigenvalue weighted by Crippen LogP contribution is 2.56. The van der Waals surface area contributed by atoms with Gasteiger partial charge in [0.1, 0.15) is 5.78 Å². The van der Waals surface area contributed by atoms with Crippen LogP contribution >= 0.6 is 7.37 Å². The minimum absolute atomic E-state index is 0.216. The van der Waals surface area contributed by atoms with Gasteiger partial charge in [-0.3, -0.25) is 4.57 Å². The summed E-state index contributed by atoms with van der Waals surface area (Å²) in [7, 11) is -3.15. The highest BCUT2D eigenvalue weighted by atomic mass is 31.2. The largest absolute Gasteiger partial charge is 0.454 e. The summed E-state index contributed by atoms with van der Waals surface area (Å²) in [5, 5.41) is 3.11. The zero-order valence-electron chi connectivity index (χ0n) is 9.26. The van der Waals surface area contributed by atoms with E-state index in [-0.39, 0.29) is 6.79 Å². The molecule has 0 spiro atoms. The van der Waals surface area contributed by atoms with E-state index in [1.165, 1.54) is 0 Å². The van der Waals surface area contributed by atoms with Crippen LogP contribution in [-0.4, -0.2) is 24.4 Å². The first kappa shape index (κ1) is 11.1. The second kappa shape index (κ2) is 4.02. The lowest BCUT2D eigenvalue weighted by atomic mass is 10.2. The van der Waals surface area contributed by atoms with Gasteiger partial charge in [-0.25, -0.2) is 0 Å². The summed E-state index contributed by atoms with van der Waals surface area (Å²) < 4.78 is 22.6. The van der Waals surface area contributed by atoms with Gasteiger partial charge in [0.05, 0.1) is 0 Å². The molecule has 17 heavy (non-hydrogen) atoms. The van der Waals surface area contributed by atoms with Crippen molar-refractivity contribution in [3.8, 4) is 11.5 Å². The molecule has 0 aromatic heterocycles. The van der Waals surface area contributed by atoms with Crippen molar-refractivity contribution in [1.29, 1.82) is 0 Å². The number of nitrogens with one attached hydrogen (secondary N) is 1. The molecule has 0 saturated carbocycles. The Balaban J connectivity index is 1.95. The molecule has 1 aromatic rings. The van der Waals surface area contributed by atoms with E-state index < -0.39 is 13.2 Å². The number of benzene rings is 1. The molecule has 2 N–H and O–H groups in total. The minimum Gasteiger partial charge on any atom is -0.454 e. The Labute approximate surface area is 99.2 Å². The predicted molar refractivity (Wildman–Crippen MR) is 62.6 cm³/mol. The third-order valence-corrected chi connectivity index (χ3v) is 5.35. The summed E-state index contributed by atoms with van der Waals surface area (Å²) in [5.74, 6) is 0.859. The lowest BCUT2D eigenvalue weighted by Gasteiger charge is -2.29. The molecule has 5 nitrogen and oxygen atoms in total. The first-order valence-electron chi connectivity index (χ1n) is 5.61. The zero-order chi connectivity index (χ0) is 11.9. The fourth-order valence-corrected chi connectivity index (χ4v) is 4.16. The quantitative estimate of drug-likeness (QED) is 0.747. The van der Waals surface area contributed by atoms with E-state index in [1.54, 1.807) is 12.1 Å². The van der Waals surface area contributed by atoms with E-state index in [1.807, 2.05) is 6.07 Å². The predicted octanol–water partition coefficient (Wildman–Crippen LogP) is 1.68. The van der Waals surface area contributed by atoms with Gasteiger partial charge in [0, 0.05) is 6.16 Å². The van der Waals surface area contributed by atoms with Crippen LogP contribution in [0.25, 0.3) is 0 Å². The number of fused-ring (bicyclic) bond motifs is 1. The Morgan fingerprint density at radius 3 is 3.00 bits per heavy atom. The Morgan fingerprint density at radius 2 is 2.18 bits per heavy atom. The highest BCUT2D eigenvalue weighted by molar-refractivity contribution is 7.58. The van der Waals surface area contributed by atoms with Crippen molar-refractivity contribution in [2.45, 2.75) is 12.2 Å². The summed E-state index contributed by atoms with van der Waals surface area (Å²) in [5.41, 5.74) is 0.791. The van der Waals surface area contributed by atoms with E-state index in [9.17, 15) is 9.46 Å². The Bertz CT molecular complexity index is 490. The summed E-state index contributed by atoms with van der Waals surface area (Å²) in [6.45, 7) is 0.983. The maximum Gasteiger partial charge on any atom is 0.231 e. The summed E-state index contributed by atoms with van der Waals surface area (Å²) in [6, 6.07) is 5.39. The van der Waals surface area contributed by atoms with Crippen LogP contribution < -0.4 is 14.8 Å². The first-order valence-corrected chi connectivity index (χ1v) is 7.53. The van der Waals surface area contributed by atoms with Gasteiger partial charge in [0.25, 0.3) is 0 Å². The molecule has 2 aliphatic rings. The first-order chi connectivity index (χ1) is 8.17. The average molecular weight is 255 g/mol. The van der Waals surface area contributed by atoms with Crippen LogP contribution in [0.1, 0.15) is 17.8 Å². The van der Waals surface area contributed by atoms with Crippen molar-refractivity contribution in [1.82, 2.24) is 5.32 Å². The summed E-state index contributed by atoms with van der Waals surface area (Å²) in [6.07, 6.45) is 1.12. The molecule has 92 valence electrons. The molecule has 2 aliphatic heterocycles. The number of hydrogen-bond acceptors (Lipinski definition) is 4. The fraction of sp³-hybridized carbons (Fsp3) is 0.455. The zero-order valence-corrected chi connectivity index (χ0v) is 10.2. The van der Waals surface area contributed by atoms with Crippen molar-refractivity contribution >= 4 is 7.37 Å². The van der Waals surface area contributed by atoms with Gasteiger partial charge in [0.2, 0.25) is 14.2 Å². The molecular formula is C11H14NO4P.